The molecule has 0 atom stereocenters. The third-order valence-corrected chi connectivity index (χ3v) is 5.71. The Balaban J connectivity index is 1.94. The first kappa shape index (κ1) is 23.3. The number of ether oxygens (including phenoxy) is 1. The van der Waals surface area contributed by atoms with Gasteiger partial charge >= 0.3 is 12.6 Å². The van der Waals surface area contributed by atoms with Crippen LogP contribution >= 0.6 is 0 Å². The summed E-state index contributed by atoms with van der Waals surface area (Å²) in [5, 5.41) is 9.68. The van der Waals surface area contributed by atoms with Crippen molar-refractivity contribution in [2.24, 2.45) is 0 Å². The van der Waals surface area contributed by atoms with Gasteiger partial charge in [0.15, 0.2) is 0 Å². The summed E-state index contributed by atoms with van der Waals surface area (Å²) in [6, 6.07) is 9.85. The van der Waals surface area contributed by atoms with E-state index in [4.69, 9.17) is 9.84 Å². The van der Waals surface area contributed by atoms with Crippen molar-refractivity contribution < 1.29 is 37.4 Å². The van der Waals surface area contributed by atoms with Gasteiger partial charge in [0, 0.05) is 5.39 Å². The topological polar surface area (TPSA) is 83.9 Å². The molecule has 0 aromatic heterocycles. The Morgan fingerprint density at radius 2 is 1.74 bits per heavy atom. The van der Waals surface area contributed by atoms with E-state index >= 15 is 0 Å². The van der Waals surface area contributed by atoms with E-state index < -0.39 is 48.1 Å². The Labute approximate surface area is 192 Å². The summed E-state index contributed by atoms with van der Waals surface area (Å²) in [5.41, 5.74) is -0.154. The number of alkyl halides is 2. The molecule has 176 valence electrons. The van der Waals surface area contributed by atoms with Crippen LogP contribution in [-0.4, -0.2) is 29.5 Å². The molecule has 0 saturated heterocycles. The minimum absolute atomic E-state index is 0.0817. The van der Waals surface area contributed by atoms with Gasteiger partial charge in [0.1, 0.15) is 11.6 Å². The van der Waals surface area contributed by atoms with Crippen LogP contribution in [0.5, 0.6) is 5.75 Å². The zero-order chi connectivity index (χ0) is 24.6. The van der Waals surface area contributed by atoms with Crippen molar-refractivity contribution in [3.05, 3.63) is 70.5 Å². The lowest BCUT2D eigenvalue weighted by molar-refractivity contribution is -0.136. The summed E-state index contributed by atoms with van der Waals surface area (Å²) in [6.07, 6.45) is 1.41. The van der Waals surface area contributed by atoms with Crippen LogP contribution < -0.4 is 9.64 Å². The number of rotatable bonds is 8. The number of carboxylic acids is 1. The number of anilines is 1. The van der Waals surface area contributed by atoms with E-state index in [-0.39, 0.29) is 22.1 Å². The van der Waals surface area contributed by atoms with Gasteiger partial charge < -0.3 is 9.84 Å². The molecule has 2 amide bonds. The molecule has 0 saturated carbocycles. The van der Waals surface area contributed by atoms with Gasteiger partial charge in [-0.3, -0.25) is 14.4 Å². The lowest BCUT2D eigenvalue weighted by Crippen LogP contribution is -2.30. The normalized spacial score (nSPS) is 13.1. The van der Waals surface area contributed by atoms with E-state index in [1.807, 2.05) is 6.92 Å². The molecule has 3 aromatic rings. The average Bonchev–Trinajstić information content (AvgIpc) is 3.03. The van der Waals surface area contributed by atoms with Gasteiger partial charge in [-0.1, -0.05) is 43.7 Å². The van der Waals surface area contributed by atoms with Crippen molar-refractivity contribution in [3.8, 4) is 5.75 Å². The first-order valence-corrected chi connectivity index (χ1v) is 10.7. The number of carbonyl (C=O) groups excluding carboxylic acids is 2. The third-order valence-electron chi connectivity index (χ3n) is 5.71. The fourth-order valence-corrected chi connectivity index (χ4v) is 4.29. The zero-order valence-electron chi connectivity index (χ0n) is 18.1. The Bertz CT molecular complexity index is 1320. The number of nitrogens with zero attached hydrogens (tertiary/aromatic N) is 1. The number of hydrogen-bond acceptors (Lipinski definition) is 4. The van der Waals surface area contributed by atoms with E-state index in [2.05, 4.69) is 0 Å². The van der Waals surface area contributed by atoms with Crippen molar-refractivity contribution in [2.45, 2.75) is 39.2 Å². The number of benzene rings is 3. The van der Waals surface area contributed by atoms with E-state index in [0.717, 1.165) is 18.6 Å². The molecular weight excluding hydrogens is 451 g/mol. The molecule has 6 nitrogen and oxygen atoms in total. The highest BCUT2D eigenvalue weighted by molar-refractivity contribution is 6.37. The molecule has 0 unspecified atom stereocenters. The minimum Gasteiger partial charge on any atom is -0.481 e. The van der Waals surface area contributed by atoms with Gasteiger partial charge in [0.25, 0.3) is 11.8 Å². The van der Waals surface area contributed by atoms with Crippen molar-refractivity contribution in [1.82, 2.24) is 0 Å². The number of fused-ring (bicyclic) bond motifs is 2. The van der Waals surface area contributed by atoms with Crippen LogP contribution in [0.2, 0.25) is 0 Å². The van der Waals surface area contributed by atoms with Gasteiger partial charge in [-0.25, -0.2) is 9.29 Å². The summed E-state index contributed by atoms with van der Waals surface area (Å²) in [7, 11) is 0. The molecule has 4 rings (SSSR count). The summed E-state index contributed by atoms with van der Waals surface area (Å²) >= 11 is 0. The highest BCUT2D eigenvalue weighted by atomic mass is 19.3. The summed E-state index contributed by atoms with van der Waals surface area (Å²) < 4.78 is 46.3. The molecule has 0 radical (unpaired) electrons. The molecule has 1 aliphatic rings. The quantitative estimate of drug-likeness (QED) is 0.448. The SMILES string of the molecule is CCCCc1c2c(c(OC(F)F)c3ccccc13)C(=O)N(c1ccc(CC(=O)O)cc1F)C2=O. The number of aliphatic carboxylic acids is 1. The smallest absolute Gasteiger partial charge is 0.387 e. The highest BCUT2D eigenvalue weighted by Gasteiger charge is 2.43. The Morgan fingerprint density at radius 3 is 2.35 bits per heavy atom. The van der Waals surface area contributed by atoms with Crippen LogP contribution in [0.25, 0.3) is 10.8 Å². The molecule has 0 aliphatic carbocycles. The van der Waals surface area contributed by atoms with Crippen LogP contribution in [-0.2, 0) is 17.6 Å². The van der Waals surface area contributed by atoms with Crippen LogP contribution in [0.4, 0.5) is 18.9 Å². The molecule has 3 aromatic carbocycles. The zero-order valence-corrected chi connectivity index (χ0v) is 18.1. The van der Waals surface area contributed by atoms with Crippen LogP contribution in [0.3, 0.4) is 0 Å². The summed E-state index contributed by atoms with van der Waals surface area (Å²) in [6.45, 7) is -1.30. The summed E-state index contributed by atoms with van der Waals surface area (Å²) in [5.74, 6) is -4.41. The van der Waals surface area contributed by atoms with Crippen molar-refractivity contribution in [1.29, 1.82) is 0 Å². The molecule has 0 bridgehead atoms. The van der Waals surface area contributed by atoms with Gasteiger partial charge in [-0.15, -0.1) is 0 Å². The number of hydrogen-bond donors (Lipinski definition) is 1. The van der Waals surface area contributed by atoms with E-state index in [1.165, 1.54) is 12.1 Å². The fraction of sp³-hybridized carbons (Fsp3) is 0.240. The van der Waals surface area contributed by atoms with Gasteiger partial charge in [0.2, 0.25) is 0 Å². The number of carbonyl (C=O) groups is 3. The lowest BCUT2D eigenvalue weighted by atomic mass is 9.91. The number of aryl methyl sites for hydroxylation is 1. The molecule has 1 heterocycles. The number of imide groups is 1. The molecular formula is C25H20F3NO5. The Morgan fingerprint density at radius 1 is 1.06 bits per heavy atom. The number of amides is 2. The average molecular weight is 471 g/mol. The Hall–Kier alpha value is -3.88. The molecule has 1 N–H and O–H groups in total. The highest BCUT2D eigenvalue weighted by Crippen LogP contribution is 2.43. The molecule has 9 heteroatoms. The maximum Gasteiger partial charge on any atom is 0.387 e. The van der Waals surface area contributed by atoms with E-state index in [0.29, 0.717) is 28.7 Å². The first-order valence-electron chi connectivity index (χ1n) is 10.7. The number of halogens is 3. The second kappa shape index (κ2) is 9.17. The number of unbranched alkanes of at least 4 members (excludes halogenated alkanes) is 1. The maximum atomic E-state index is 14.9. The van der Waals surface area contributed by atoms with Gasteiger partial charge in [-0.05, 0) is 41.5 Å². The van der Waals surface area contributed by atoms with Gasteiger partial charge in [-0.2, -0.15) is 8.78 Å². The predicted octanol–water partition coefficient (Wildman–Crippen LogP) is 5.35. The van der Waals surface area contributed by atoms with Crippen LogP contribution in [0.15, 0.2) is 42.5 Å². The monoisotopic (exact) mass is 471 g/mol. The molecule has 0 spiro atoms. The van der Waals surface area contributed by atoms with Crippen molar-refractivity contribution in [3.63, 3.8) is 0 Å². The fourth-order valence-electron chi connectivity index (χ4n) is 4.29. The molecule has 34 heavy (non-hydrogen) atoms. The largest absolute Gasteiger partial charge is 0.481 e. The van der Waals surface area contributed by atoms with E-state index in [1.54, 1.807) is 18.2 Å². The summed E-state index contributed by atoms with van der Waals surface area (Å²) in [4.78, 5) is 38.4. The standard InChI is InChI=1S/C25H20F3NO5/c1-2-3-6-15-14-7-4-5-8-16(14)22(34-25(27)28)21-20(15)23(32)29(24(21)33)18-10-9-13(11-17(18)26)12-19(30)31/h4-5,7-11,25H,2-3,6,12H2,1H3,(H,30,31). The van der Waals surface area contributed by atoms with E-state index in [9.17, 15) is 27.6 Å². The predicted molar refractivity (Wildman–Crippen MR) is 118 cm³/mol. The first-order chi connectivity index (χ1) is 16.2. The molecule has 0 fully saturated rings. The second-order valence-electron chi connectivity index (χ2n) is 7.89. The second-order valence-corrected chi connectivity index (χ2v) is 7.89. The van der Waals surface area contributed by atoms with Crippen molar-refractivity contribution >= 4 is 34.2 Å². The Kier molecular flexibility index (Phi) is 6.28. The lowest BCUT2D eigenvalue weighted by Gasteiger charge is -2.16. The molecule has 1 aliphatic heterocycles. The maximum absolute atomic E-state index is 14.9. The van der Waals surface area contributed by atoms with Crippen LogP contribution in [0, 0.1) is 5.82 Å². The van der Waals surface area contributed by atoms with Gasteiger partial charge in [0.05, 0.1) is 23.2 Å². The number of carboxylic acid groups (broad SMARTS) is 1. The third kappa shape index (κ3) is 3.98. The van der Waals surface area contributed by atoms with Crippen LogP contribution in [0.1, 0.15) is 51.6 Å². The minimum atomic E-state index is -3.25. The van der Waals surface area contributed by atoms with Crippen molar-refractivity contribution in [2.75, 3.05) is 4.90 Å².